The Morgan fingerprint density at radius 2 is 1.31 bits per heavy atom. The van der Waals surface area contributed by atoms with Gasteiger partial charge in [-0.05, 0) is 6.92 Å². The molecule has 0 rings (SSSR count). The Kier molecular flexibility index (Phi) is 19.0. The van der Waals surface area contributed by atoms with Crippen molar-refractivity contribution in [3.8, 4) is 0 Å². The molecule has 0 radical (unpaired) electrons. The summed E-state index contributed by atoms with van der Waals surface area (Å²) >= 11 is 0. The minimum absolute atomic E-state index is 0.0185. The largest absolute Gasteiger partial charge is 0.478 e. The van der Waals surface area contributed by atoms with Crippen molar-refractivity contribution in [2.45, 2.75) is 13.3 Å². The van der Waals surface area contributed by atoms with Crippen LogP contribution in [0.25, 0.3) is 0 Å². The van der Waals surface area contributed by atoms with Crippen LogP contribution >= 0.6 is 0 Å². The SMILES string of the molecule is C=CC(=O)O.C=CC(=O)O.CC(=O)CCO. The zero-order valence-electron chi connectivity index (χ0n) is 9.05. The van der Waals surface area contributed by atoms with Gasteiger partial charge >= 0.3 is 11.9 Å². The number of carbonyl (C=O) groups is 3. The van der Waals surface area contributed by atoms with E-state index in [1.165, 1.54) is 6.92 Å². The Bertz CT molecular complexity index is 226. The van der Waals surface area contributed by atoms with E-state index in [0.29, 0.717) is 6.42 Å². The molecule has 92 valence electrons. The average molecular weight is 232 g/mol. The Morgan fingerprint density at radius 1 is 1.06 bits per heavy atom. The summed E-state index contributed by atoms with van der Waals surface area (Å²) in [6.45, 7) is 7.36. The lowest BCUT2D eigenvalue weighted by Gasteiger charge is -1.80. The van der Waals surface area contributed by atoms with Crippen LogP contribution in [-0.2, 0) is 14.4 Å². The van der Waals surface area contributed by atoms with Gasteiger partial charge in [-0.1, -0.05) is 13.2 Å². The smallest absolute Gasteiger partial charge is 0.327 e. The molecule has 0 aromatic rings. The van der Waals surface area contributed by atoms with Crippen molar-refractivity contribution >= 4 is 17.7 Å². The molecule has 0 fully saturated rings. The van der Waals surface area contributed by atoms with Gasteiger partial charge in [0, 0.05) is 25.2 Å². The topological polar surface area (TPSA) is 112 Å². The van der Waals surface area contributed by atoms with Crippen LogP contribution in [0.5, 0.6) is 0 Å². The van der Waals surface area contributed by atoms with E-state index in [1.54, 1.807) is 0 Å². The second-order valence-electron chi connectivity index (χ2n) is 2.26. The first-order valence-corrected chi connectivity index (χ1v) is 4.12. The van der Waals surface area contributed by atoms with Crippen LogP contribution in [0.15, 0.2) is 25.3 Å². The molecular formula is C10H16O6. The highest BCUT2D eigenvalue weighted by Gasteiger charge is 1.84. The predicted octanol–water partition coefficient (Wildman–Crippen LogP) is 0.472. The van der Waals surface area contributed by atoms with Gasteiger partial charge in [0.15, 0.2) is 0 Å². The third kappa shape index (κ3) is 57.7. The van der Waals surface area contributed by atoms with Gasteiger partial charge in [0.1, 0.15) is 5.78 Å². The molecule has 0 aromatic carbocycles. The van der Waals surface area contributed by atoms with Gasteiger partial charge in [-0.25, -0.2) is 9.59 Å². The Labute approximate surface area is 93.5 Å². The molecule has 0 atom stereocenters. The Morgan fingerprint density at radius 3 is 1.31 bits per heavy atom. The maximum Gasteiger partial charge on any atom is 0.327 e. The third-order valence-electron chi connectivity index (χ3n) is 0.813. The zero-order chi connectivity index (χ0) is 13.6. The number of carboxylic acids is 2. The molecule has 0 spiro atoms. The number of Topliss-reactive ketones (excluding diaryl/α,β-unsaturated/α-hetero) is 1. The van der Waals surface area contributed by atoms with Crippen molar-refractivity contribution in [3.05, 3.63) is 25.3 Å². The second-order valence-corrected chi connectivity index (χ2v) is 2.26. The predicted molar refractivity (Wildman–Crippen MR) is 58.0 cm³/mol. The average Bonchev–Trinajstić information content (AvgIpc) is 2.19. The van der Waals surface area contributed by atoms with Crippen LogP contribution in [0.4, 0.5) is 0 Å². The van der Waals surface area contributed by atoms with Gasteiger partial charge in [0.2, 0.25) is 0 Å². The van der Waals surface area contributed by atoms with Gasteiger partial charge in [-0.15, -0.1) is 0 Å². The standard InChI is InChI=1S/C4H8O2.2C3H4O2/c1-4(6)2-3-5;2*1-2-3(4)5/h5H,2-3H2,1H3;2*2H,1H2,(H,4,5). The fraction of sp³-hybridized carbons (Fsp3) is 0.300. The summed E-state index contributed by atoms with van der Waals surface area (Å²) in [5.74, 6) is -1.92. The van der Waals surface area contributed by atoms with E-state index in [0.717, 1.165) is 12.2 Å². The van der Waals surface area contributed by atoms with E-state index in [1.807, 2.05) is 0 Å². The van der Waals surface area contributed by atoms with E-state index in [4.69, 9.17) is 15.3 Å². The lowest BCUT2D eigenvalue weighted by molar-refractivity contribution is -0.132. The van der Waals surface area contributed by atoms with Crippen LogP contribution in [0.1, 0.15) is 13.3 Å². The van der Waals surface area contributed by atoms with Crippen molar-refractivity contribution < 1.29 is 29.7 Å². The summed E-state index contributed by atoms with van der Waals surface area (Å²) in [5, 5.41) is 23.2. The van der Waals surface area contributed by atoms with Crippen LogP contribution in [0, 0.1) is 0 Å². The molecule has 0 aliphatic heterocycles. The molecule has 3 N–H and O–H groups in total. The quantitative estimate of drug-likeness (QED) is 0.607. The Balaban J connectivity index is -0.000000160. The molecule has 6 heteroatoms. The van der Waals surface area contributed by atoms with Crippen molar-refractivity contribution in [2.75, 3.05) is 6.61 Å². The molecule has 0 saturated heterocycles. The molecule has 0 bridgehead atoms. The molecule has 16 heavy (non-hydrogen) atoms. The minimum Gasteiger partial charge on any atom is -0.478 e. The van der Waals surface area contributed by atoms with E-state index >= 15 is 0 Å². The van der Waals surface area contributed by atoms with Crippen molar-refractivity contribution in [1.29, 1.82) is 0 Å². The summed E-state index contributed by atoms with van der Waals surface area (Å²) in [5.41, 5.74) is 0. The monoisotopic (exact) mass is 232 g/mol. The molecule has 0 amide bonds. The summed E-state index contributed by atoms with van der Waals surface area (Å²) in [6, 6.07) is 0. The molecule has 0 saturated carbocycles. The third-order valence-corrected chi connectivity index (χ3v) is 0.813. The van der Waals surface area contributed by atoms with Gasteiger partial charge in [-0.2, -0.15) is 0 Å². The molecule has 0 unspecified atom stereocenters. The van der Waals surface area contributed by atoms with Gasteiger partial charge in [0.05, 0.1) is 0 Å². The van der Waals surface area contributed by atoms with Gasteiger partial charge in [-0.3, -0.25) is 4.79 Å². The summed E-state index contributed by atoms with van der Waals surface area (Å²) in [4.78, 5) is 28.4. The first-order chi connectivity index (χ1) is 7.31. The lowest BCUT2D eigenvalue weighted by Crippen LogP contribution is -1.92. The second kappa shape index (κ2) is 15.5. The zero-order valence-corrected chi connectivity index (χ0v) is 9.05. The first-order valence-electron chi connectivity index (χ1n) is 4.12. The van der Waals surface area contributed by atoms with Gasteiger partial charge in [0.25, 0.3) is 0 Å². The molecule has 0 aliphatic rings. The van der Waals surface area contributed by atoms with E-state index in [-0.39, 0.29) is 12.4 Å². The normalized spacial score (nSPS) is 7.12. The van der Waals surface area contributed by atoms with E-state index in [2.05, 4.69) is 13.2 Å². The molecule has 0 aromatic heterocycles. The highest BCUT2D eigenvalue weighted by molar-refractivity contribution is 5.79. The number of aliphatic carboxylic acids is 2. The van der Waals surface area contributed by atoms with Crippen molar-refractivity contribution in [2.24, 2.45) is 0 Å². The van der Waals surface area contributed by atoms with Crippen LogP contribution in [-0.4, -0.2) is 39.6 Å². The number of carboxylic acid groups (broad SMARTS) is 2. The number of aliphatic hydroxyl groups excluding tert-OH is 1. The Hall–Kier alpha value is -1.95. The highest BCUT2D eigenvalue weighted by Crippen LogP contribution is 1.74. The van der Waals surface area contributed by atoms with Crippen LogP contribution in [0.3, 0.4) is 0 Å². The van der Waals surface area contributed by atoms with Crippen LogP contribution in [0.2, 0.25) is 0 Å². The fourth-order valence-corrected chi connectivity index (χ4v) is 0.157. The van der Waals surface area contributed by atoms with Crippen molar-refractivity contribution in [1.82, 2.24) is 0 Å². The number of aliphatic hydroxyl groups is 1. The number of ketones is 1. The molecular weight excluding hydrogens is 216 g/mol. The first kappa shape index (κ1) is 19.6. The minimum atomic E-state index is -0.981. The maximum absolute atomic E-state index is 9.88. The summed E-state index contributed by atoms with van der Waals surface area (Å²) in [6.07, 6.45) is 1.96. The fourth-order valence-electron chi connectivity index (χ4n) is 0.157. The van der Waals surface area contributed by atoms with Gasteiger partial charge < -0.3 is 15.3 Å². The van der Waals surface area contributed by atoms with E-state index in [9.17, 15) is 14.4 Å². The molecule has 0 aliphatic carbocycles. The highest BCUT2D eigenvalue weighted by atomic mass is 16.4. The van der Waals surface area contributed by atoms with Crippen molar-refractivity contribution in [3.63, 3.8) is 0 Å². The molecule has 0 heterocycles. The molecule has 6 nitrogen and oxygen atoms in total. The maximum atomic E-state index is 9.88. The number of rotatable bonds is 4. The summed E-state index contributed by atoms with van der Waals surface area (Å²) < 4.78 is 0. The lowest BCUT2D eigenvalue weighted by atomic mass is 10.3. The summed E-state index contributed by atoms with van der Waals surface area (Å²) in [7, 11) is 0. The number of hydrogen-bond donors (Lipinski definition) is 3. The van der Waals surface area contributed by atoms with E-state index < -0.39 is 11.9 Å². The van der Waals surface area contributed by atoms with Crippen LogP contribution < -0.4 is 0 Å². The number of carbonyl (C=O) groups excluding carboxylic acids is 1. The number of hydrogen-bond acceptors (Lipinski definition) is 4.